The van der Waals surface area contributed by atoms with Crippen molar-refractivity contribution in [3.63, 3.8) is 0 Å². The Labute approximate surface area is 147 Å². The molecular weight excluding hydrogens is 337 g/mol. The summed E-state index contributed by atoms with van der Waals surface area (Å²) in [5.41, 5.74) is 9.94. The van der Waals surface area contributed by atoms with Crippen molar-refractivity contribution in [3.05, 3.63) is 59.5 Å². The minimum atomic E-state index is -0.482. The molecule has 25 heavy (non-hydrogen) atoms. The van der Waals surface area contributed by atoms with Crippen LogP contribution >= 0.6 is 11.3 Å². The summed E-state index contributed by atoms with van der Waals surface area (Å²) in [5, 5.41) is 5.31. The van der Waals surface area contributed by atoms with Crippen molar-refractivity contribution >= 4 is 38.7 Å². The third kappa shape index (κ3) is 2.78. The predicted molar refractivity (Wildman–Crippen MR) is 99.5 cm³/mol. The van der Waals surface area contributed by atoms with Crippen LogP contribution in [-0.2, 0) is 0 Å². The number of para-hydroxylation sites is 1. The van der Waals surface area contributed by atoms with Crippen LogP contribution in [-0.4, -0.2) is 15.0 Å². The average molecular weight is 351 g/mol. The monoisotopic (exact) mass is 351 g/mol. The first kappa shape index (κ1) is 15.5. The van der Waals surface area contributed by atoms with E-state index in [1.807, 2.05) is 36.6 Å². The Balaban J connectivity index is 1.85. The van der Waals surface area contributed by atoms with Gasteiger partial charge in [0.15, 0.2) is 11.6 Å². The van der Waals surface area contributed by atoms with E-state index in [-0.39, 0.29) is 11.4 Å². The Morgan fingerprint density at radius 3 is 2.76 bits per heavy atom. The van der Waals surface area contributed by atoms with Gasteiger partial charge in [-0.2, -0.15) is 0 Å². The summed E-state index contributed by atoms with van der Waals surface area (Å²) in [6, 6.07) is 9.50. The zero-order valence-electron chi connectivity index (χ0n) is 13.3. The largest absolute Gasteiger partial charge is 0.382 e. The molecule has 0 fully saturated rings. The van der Waals surface area contributed by atoms with Gasteiger partial charge in [0.1, 0.15) is 11.3 Å². The van der Waals surface area contributed by atoms with Gasteiger partial charge >= 0.3 is 0 Å². The molecule has 7 heteroatoms. The van der Waals surface area contributed by atoms with E-state index in [1.54, 1.807) is 0 Å². The fourth-order valence-electron chi connectivity index (χ4n) is 2.56. The van der Waals surface area contributed by atoms with Gasteiger partial charge in [0.05, 0.1) is 22.1 Å². The quantitative estimate of drug-likeness (QED) is 0.567. The van der Waals surface area contributed by atoms with Crippen LogP contribution in [0.2, 0.25) is 0 Å². The lowest BCUT2D eigenvalue weighted by Crippen LogP contribution is -1.99. The van der Waals surface area contributed by atoms with Crippen LogP contribution in [0.4, 0.5) is 21.6 Å². The molecule has 124 valence electrons. The molecule has 0 saturated heterocycles. The van der Waals surface area contributed by atoms with Crippen molar-refractivity contribution in [2.24, 2.45) is 0 Å². The number of nitrogens with two attached hydrogens (primary N) is 1. The number of aryl methyl sites for hydroxylation is 1. The maximum Gasteiger partial charge on any atom is 0.165 e. The summed E-state index contributed by atoms with van der Waals surface area (Å²) < 4.78 is 14.8. The molecule has 0 unspecified atom stereocenters. The number of benzene rings is 1. The first-order valence-electron chi connectivity index (χ1n) is 7.61. The second kappa shape index (κ2) is 6.10. The van der Waals surface area contributed by atoms with Crippen LogP contribution in [0.5, 0.6) is 0 Å². The SMILES string of the molecule is Cc1ccccc1Nc1csc2c(N)nc(-c3ccncc3F)nc12. The Bertz CT molecular complexity index is 1080. The molecule has 0 spiro atoms. The Morgan fingerprint density at radius 2 is 1.96 bits per heavy atom. The maximum atomic E-state index is 14.0. The molecule has 0 atom stereocenters. The van der Waals surface area contributed by atoms with E-state index in [0.717, 1.165) is 27.8 Å². The lowest BCUT2D eigenvalue weighted by Gasteiger charge is -2.09. The van der Waals surface area contributed by atoms with Gasteiger partial charge in [-0.15, -0.1) is 11.3 Å². The first-order chi connectivity index (χ1) is 12.1. The topological polar surface area (TPSA) is 76.7 Å². The third-order valence-electron chi connectivity index (χ3n) is 3.87. The van der Waals surface area contributed by atoms with Crippen LogP contribution < -0.4 is 11.1 Å². The van der Waals surface area contributed by atoms with Gasteiger partial charge in [0.25, 0.3) is 0 Å². The van der Waals surface area contributed by atoms with E-state index in [1.165, 1.54) is 23.6 Å². The van der Waals surface area contributed by atoms with Crippen LogP contribution in [0.15, 0.2) is 48.1 Å². The summed E-state index contributed by atoms with van der Waals surface area (Å²) in [6.45, 7) is 2.03. The maximum absolute atomic E-state index is 14.0. The molecule has 0 aliphatic heterocycles. The van der Waals surface area contributed by atoms with Gasteiger partial charge < -0.3 is 11.1 Å². The van der Waals surface area contributed by atoms with Crippen molar-refractivity contribution in [2.45, 2.75) is 6.92 Å². The lowest BCUT2D eigenvalue weighted by atomic mass is 10.2. The molecule has 3 heterocycles. The number of thiophene rings is 1. The van der Waals surface area contributed by atoms with Crippen LogP contribution in [0.3, 0.4) is 0 Å². The summed E-state index contributed by atoms with van der Waals surface area (Å²) >= 11 is 1.46. The molecule has 1 aromatic carbocycles. The second-order valence-electron chi connectivity index (χ2n) is 5.56. The van der Waals surface area contributed by atoms with Gasteiger partial charge in [0.2, 0.25) is 0 Å². The number of hydrogen-bond donors (Lipinski definition) is 2. The zero-order chi connectivity index (χ0) is 17.4. The minimum absolute atomic E-state index is 0.246. The number of hydrogen-bond acceptors (Lipinski definition) is 6. The lowest BCUT2D eigenvalue weighted by molar-refractivity contribution is 0.624. The van der Waals surface area contributed by atoms with Crippen molar-refractivity contribution in [1.29, 1.82) is 0 Å². The molecule has 0 radical (unpaired) electrons. The number of anilines is 3. The van der Waals surface area contributed by atoms with Crippen LogP contribution in [0, 0.1) is 12.7 Å². The molecule has 0 saturated carbocycles. The van der Waals surface area contributed by atoms with Gasteiger partial charge in [0, 0.05) is 17.3 Å². The molecule has 0 amide bonds. The molecule has 0 aliphatic carbocycles. The van der Waals surface area contributed by atoms with Crippen molar-refractivity contribution < 1.29 is 4.39 Å². The summed E-state index contributed by atoms with van der Waals surface area (Å²) in [6.07, 6.45) is 2.64. The van der Waals surface area contributed by atoms with Gasteiger partial charge in [-0.25, -0.2) is 14.4 Å². The van der Waals surface area contributed by atoms with Crippen LogP contribution in [0.1, 0.15) is 5.56 Å². The van der Waals surface area contributed by atoms with E-state index < -0.39 is 5.82 Å². The summed E-state index contributed by atoms with van der Waals surface area (Å²) in [5.74, 6) is 0.0973. The van der Waals surface area contributed by atoms with Crippen LogP contribution in [0.25, 0.3) is 21.6 Å². The smallest absolute Gasteiger partial charge is 0.165 e. The highest BCUT2D eigenvalue weighted by Crippen LogP contribution is 2.36. The van der Waals surface area contributed by atoms with Crippen molar-refractivity contribution in [2.75, 3.05) is 11.1 Å². The van der Waals surface area contributed by atoms with Gasteiger partial charge in [-0.05, 0) is 24.6 Å². The van der Waals surface area contributed by atoms with Crippen molar-refractivity contribution in [3.8, 4) is 11.4 Å². The van der Waals surface area contributed by atoms with E-state index in [4.69, 9.17) is 5.73 Å². The molecule has 0 bridgehead atoms. The Hall–Kier alpha value is -3.06. The molecular formula is C18H14FN5S. The van der Waals surface area contributed by atoms with E-state index in [2.05, 4.69) is 20.3 Å². The molecule has 4 rings (SSSR count). The number of rotatable bonds is 3. The Kier molecular flexibility index (Phi) is 3.77. The standard InChI is InChI=1S/C18H14FN5S/c1-10-4-2-3-5-13(10)22-14-9-25-16-15(14)23-18(24-17(16)20)11-6-7-21-8-12(11)19/h2-9,22H,1H3,(H2,20,23,24). The Morgan fingerprint density at radius 1 is 1.12 bits per heavy atom. The fourth-order valence-corrected chi connectivity index (χ4v) is 3.40. The van der Waals surface area contributed by atoms with E-state index in [0.29, 0.717) is 11.3 Å². The second-order valence-corrected chi connectivity index (χ2v) is 6.43. The first-order valence-corrected chi connectivity index (χ1v) is 8.48. The molecule has 3 N–H and O–H groups in total. The summed E-state index contributed by atoms with van der Waals surface area (Å²) in [4.78, 5) is 12.5. The number of pyridine rings is 1. The molecule has 3 aromatic heterocycles. The number of nitrogen functional groups attached to an aromatic ring is 1. The number of fused-ring (bicyclic) bond motifs is 1. The highest BCUT2D eigenvalue weighted by atomic mass is 32.1. The van der Waals surface area contributed by atoms with E-state index >= 15 is 0 Å². The number of aromatic nitrogens is 3. The molecule has 5 nitrogen and oxygen atoms in total. The van der Waals surface area contributed by atoms with Gasteiger partial charge in [-0.1, -0.05) is 18.2 Å². The number of nitrogens with zero attached hydrogens (tertiary/aromatic N) is 3. The number of halogens is 1. The van der Waals surface area contributed by atoms with Crippen molar-refractivity contribution in [1.82, 2.24) is 15.0 Å². The van der Waals surface area contributed by atoms with E-state index in [9.17, 15) is 4.39 Å². The third-order valence-corrected chi connectivity index (χ3v) is 4.86. The predicted octanol–water partition coefficient (Wildman–Crippen LogP) is 4.53. The molecule has 0 aliphatic rings. The number of nitrogens with one attached hydrogen (secondary N) is 1. The van der Waals surface area contributed by atoms with Gasteiger partial charge in [-0.3, -0.25) is 4.98 Å². The average Bonchev–Trinajstić information content (AvgIpc) is 3.01. The minimum Gasteiger partial charge on any atom is -0.382 e. The fraction of sp³-hybridized carbons (Fsp3) is 0.0556. The normalized spacial score (nSPS) is 11.0. The molecule has 4 aromatic rings. The summed E-state index contributed by atoms with van der Waals surface area (Å²) in [7, 11) is 0. The highest BCUT2D eigenvalue weighted by molar-refractivity contribution is 7.18. The zero-order valence-corrected chi connectivity index (χ0v) is 14.1. The highest BCUT2D eigenvalue weighted by Gasteiger charge is 2.15.